The number of piperazine rings is 1. The van der Waals surface area contributed by atoms with Crippen molar-refractivity contribution in [1.29, 1.82) is 0 Å². The average molecular weight is 377 g/mol. The number of anilines is 1. The van der Waals surface area contributed by atoms with E-state index in [9.17, 15) is 0 Å². The van der Waals surface area contributed by atoms with Crippen LogP contribution in [0, 0.1) is 0 Å². The van der Waals surface area contributed by atoms with Crippen LogP contribution in [0.2, 0.25) is 0 Å². The van der Waals surface area contributed by atoms with Gasteiger partial charge in [0.25, 0.3) is 0 Å². The first kappa shape index (κ1) is 17.6. The number of rotatable bonds is 6. The lowest BCUT2D eigenvalue weighted by atomic mass is 10.1. The van der Waals surface area contributed by atoms with Crippen molar-refractivity contribution >= 4 is 11.5 Å². The van der Waals surface area contributed by atoms with Crippen molar-refractivity contribution in [2.45, 2.75) is 51.1 Å². The summed E-state index contributed by atoms with van der Waals surface area (Å²) in [5.41, 5.74) is 2.26. The number of hydrogen-bond donors (Lipinski definition) is 0. The number of hydrogen-bond acceptors (Lipinski definition) is 5. The van der Waals surface area contributed by atoms with Crippen molar-refractivity contribution in [3.05, 3.63) is 53.9 Å². The van der Waals surface area contributed by atoms with Gasteiger partial charge in [-0.2, -0.15) is 4.52 Å². The zero-order valence-electron chi connectivity index (χ0n) is 16.5. The van der Waals surface area contributed by atoms with Gasteiger partial charge in [0.15, 0.2) is 11.5 Å². The molecule has 28 heavy (non-hydrogen) atoms. The average Bonchev–Trinajstić information content (AvgIpc) is 3.49. The van der Waals surface area contributed by atoms with Crippen molar-refractivity contribution in [3.63, 3.8) is 0 Å². The van der Waals surface area contributed by atoms with Crippen molar-refractivity contribution in [1.82, 2.24) is 24.7 Å². The topological polar surface area (TPSA) is 49.6 Å². The molecule has 6 nitrogen and oxygen atoms in total. The maximum atomic E-state index is 4.92. The van der Waals surface area contributed by atoms with Crippen molar-refractivity contribution < 1.29 is 0 Å². The van der Waals surface area contributed by atoms with Crippen LogP contribution in [0.25, 0.3) is 5.65 Å². The number of aromatic nitrogens is 4. The normalized spacial score (nSPS) is 20.8. The van der Waals surface area contributed by atoms with Gasteiger partial charge in [-0.15, -0.1) is 15.3 Å². The Morgan fingerprint density at radius 2 is 1.86 bits per heavy atom. The Morgan fingerprint density at radius 1 is 1.00 bits per heavy atom. The van der Waals surface area contributed by atoms with E-state index in [1.54, 1.807) is 0 Å². The molecule has 1 unspecified atom stereocenters. The monoisotopic (exact) mass is 376 g/mol. The highest BCUT2D eigenvalue weighted by Crippen LogP contribution is 2.38. The number of nitrogens with zero attached hydrogens (tertiary/aromatic N) is 6. The summed E-state index contributed by atoms with van der Waals surface area (Å²) in [6, 6.07) is 15.6. The van der Waals surface area contributed by atoms with Gasteiger partial charge >= 0.3 is 0 Å². The molecule has 1 saturated heterocycles. The summed E-state index contributed by atoms with van der Waals surface area (Å²) in [6.45, 7) is 6.41. The first-order chi connectivity index (χ1) is 13.8. The summed E-state index contributed by atoms with van der Waals surface area (Å²) in [7, 11) is 0. The predicted octanol–water partition coefficient (Wildman–Crippen LogP) is 3.49. The third-order valence-electron chi connectivity index (χ3n) is 5.99. The maximum Gasteiger partial charge on any atom is 0.178 e. The third-order valence-corrected chi connectivity index (χ3v) is 5.99. The third kappa shape index (κ3) is 3.49. The molecule has 146 valence electrons. The van der Waals surface area contributed by atoms with Crippen LogP contribution >= 0.6 is 0 Å². The van der Waals surface area contributed by atoms with Gasteiger partial charge < -0.3 is 4.90 Å². The van der Waals surface area contributed by atoms with E-state index >= 15 is 0 Å². The van der Waals surface area contributed by atoms with Gasteiger partial charge in [0.1, 0.15) is 5.82 Å². The van der Waals surface area contributed by atoms with E-state index < -0.39 is 0 Å². The van der Waals surface area contributed by atoms with E-state index in [0.29, 0.717) is 12.0 Å². The molecule has 0 bridgehead atoms. The fourth-order valence-corrected chi connectivity index (χ4v) is 4.29. The molecule has 5 rings (SSSR count). The number of benzene rings is 1. The Kier molecular flexibility index (Phi) is 4.72. The highest BCUT2D eigenvalue weighted by atomic mass is 15.4. The highest BCUT2D eigenvalue weighted by molar-refractivity contribution is 5.46. The molecule has 1 aliphatic carbocycles. The first-order valence-corrected chi connectivity index (χ1v) is 10.6. The molecule has 0 amide bonds. The molecule has 3 heterocycles. The minimum Gasteiger partial charge on any atom is -0.352 e. The Labute approximate surface area is 166 Å². The fraction of sp³-hybridized carbons (Fsp3) is 0.500. The molecule has 1 aliphatic heterocycles. The van der Waals surface area contributed by atoms with Gasteiger partial charge in [-0.25, -0.2) is 0 Å². The van der Waals surface area contributed by atoms with Gasteiger partial charge in [-0.1, -0.05) is 43.7 Å². The van der Waals surface area contributed by atoms with Gasteiger partial charge in [0.05, 0.1) is 0 Å². The minimum absolute atomic E-state index is 0.549. The minimum atomic E-state index is 0.549. The molecular weight excluding hydrogens is 348 g/mol. The fourth-order valence-electron chi connectivity index (χ4n) is 4.29. The zero-order chi connectivity index (χ0) is 18.9. The van der Waals surface area contributed by atoms with E-state index in [2.05, 4.69) is 69.4 Å². The van der Waals surface area contributed by atoms with Crippen LogP contribution in [0.5, 0.6) is 0 Å². The first-order valence-electron chi connectivity index (χ1n) is 10.6. The molecule has 0 spiro atoms. The highest BCUT2D eigenvalue weighted by Gasteiger charge is 2.30. The maximum absolute atomic E-state index is 4.92. The Hall–Kier alpha value is -2.47. The molecule has 1 atom stereocenters. The summed E-state index contributed by atoms with van der Waals surface area (Å²) < 4.78 is 1.97. The summed E-state index contributed by atoms with van der Waals surface area (Å²) in [6.07, 6.45) is 4.84. The molecule has 2 aromatic heterocycles. The van der Waals surface area contributed by atoms with Crippen LogP contribution in [-0.2, 0) is 6.54 Å². The Bertz CT molecular complexity index is 933. The lowest BCUT2D eigenvalue weighted by Crippen LogP contribution is -2.53. The summed E-state index contributed by atoms with van der Waals surface area (Å²) >= 11 is 0. The SMILES string of the molecule is CCCC1CN(c2ccc3nnc(C4CC4)n3n2)CCN1Cc1ccccc1. The van der Waals surface area contributed by atoms with E-state index in [4.69, 9.17) is 5.10 Å². The second-order valence-corrected chi connectivity index (χ2v) is 8.14. The largest absolute Gasteiger partial charge is 0.352 e. The molecule has 0 N–H and O–H groups in total. The van der Waals surface area contributed by atoms with Gasteiger partial charge in [0.2, 0.25) is 0 Å². The van der Waals surface area contributed by atoms with E-state index in [0.717, 1.165) is 43.5 Å². The molecule has 2 fully saturated rings. The summed E-state index contributed by atoms with van der Waals surface area (Å²) in [5.74, 6) is 2.63. The number of fused-ring (bicyclic) bond motifs is 1. The van der Waals surface area contributed by atoms with Crippen LogP contribution in [-0.4, -0.2) is 50.4 Å². The van der Waals surface area contributed by atoms with Gasteiger partial charge in [0, 0.05) is 38.1 Å². The molecular formula is C22H28N6. The second-order valence-electron chi connectivity index (χ2n) is 8.14. The smallest absolute Gasteiger partial charge is 0.178 e. The predicted molar refractivity (Wildman–Crippen MR) is 111 cm³/mol. The Morgan fingerprint density at radius 3 is 2.64 bits per heavy atom. The molecule has 3 aromatic rings. The zero-order valence-corrected chi connectivity index (χ0v) is 16.5. The van der Waals surface area contributed by atoms with Gasteiger partial charge in [-0.3, -0.25) is 4.90 Å². The summed E-state index contributed by atoms with van der Waals surface area (Å²) in [5, 5.41) is 13.6. The van der Waals surface area contributed by atoms with Crippen LogP contribution in [0.1, 0.15) is 49.9 Å². The molecule has 2 aliphatic rings. The van der Waals surface area contributed by atoms with Crippen LogP contribution in [0.15, 0.2) is 42.5 Å². The molecule has 0 radical (unpaired) electrons. The lowest BCUT2D eigenvalue weighted by Gasteiger charge is -2.42. The van der Waals surface area contributed by atoms with Crippen molar-refractivity contribution in [2.24, 2.45) is 0 Å². The van der Waals surface area contributed by atoms with Crippen LogP contribution < -0.4 is 4.90 Å². The summed E-state index contributed by atoms with van der Waals surface area (Å²) in [4.78, 5) is 5.08. The lowest BCUT2D eigenvalue weighted by molar-refractivity contribution is 0.158. The molecule has 6 heteroatoms. The van der Waals surface area contributed by atoms with Gasteiger partial charge in [-0.05, 0) is 37.0 Å². The Balaban J connectivity index is 1.35. The van der Waals surface area contributed by atoms with Crippen LogP contribution in [0.4, 0.5) is 5.82 Å². The van der Waals surface area contributed by atoms with E-state index in [-0.39, 0.29) is 0 Å². The van der Waals surface area contributed by atoms with Crippen molar-refractivity contribution in [3.8, 4) is 0 Å². The standard InChI is InChI=1S/C22H28N6/c1-2-6-19-16-27(14-13-26(19)15-17-7-4-3-5-8-17)21-12-11-20-23-24-22(18-9-10-18)28(20)25-21/h3-5,7-8,11-12,18-19H,2,6,9-10,13-16H2,1H3. The second kappa shape index (κ2) is 7.51. The van der Waals surface area contributed by atoms with Crippen LogP contribution in [0.3, 0.4) is 0 Å². The van der Waals surface area contributed by atoms with E-state index in [1.165, 1.54) is 31.2 Å². The van der Waals surface area contributed by atoms with E-state index in [1.807, 2.05) is 4.52 Å². The van der Waals surface area contributed by atoms with Crippen molar-refractivity contribution in [2.75, 3.05) is 24.5 Å². The molecule has 1 saturated carbocycles. The quantitative estimate of drug-likeness (QED) is 0.659. The molecule has 1 aromatic carbocycles.